The fraction of sp³-hybridized carbons (Fsp3) is 0.0870. The quantitative estimate of drug-likeness (QED) is 0.140. The summed E-state index contributed by atoms with van der Waals surface area (Å²) in [5.74, 6) is 0.829. The van der Waals surface area contributed by atoms with Gasteiger partial charge in [0, 0.05) is 29.4 Å². The fourth-order valence-corrected chi connectivity index (χ4v) is 7.87. The van der Waals surface area contributed by atoms with Gasteiger partial charge in [0.25, 0.3) is 0 Å². The van der Waals surface area contributed by atoms with Crippen LogP contribution in [-0.2, 0) is 6.54 Å². The molecule has 256 valence electrons. The lowest BCUT2D eigenvalue weighted by Crippen LogP contribution is -2.54. The zero-order chi connectivity index (χ0) is 35.1. The number of imidazole rings is 1. The Hall–Kier alpha value is -6.38. The maximum Gasteiger partial charge on any atom is 0.164 e. The Labute approximate surface area is 308 Å². The predicted octanol–water partition coefficient (Wildman–Crippen LogP) is 9.16. The summed E-state index contributed by atoms with van der Waals surface area (Å²) >= 11 is 0. The van der Waals surface area contributed by atoms with Crippen LogP contribution >= 0.6 is 0 Å². The molecular weight excluding hydrogens is 651 g/mol. The highest BCUT2D eigenvalue weighted by Crippen LogP contribution is 2.39. The number of hydrogen-bond acceptors (Lipinski definition) is 6. The van der Waals surface area contributed by atoms with Gasteiger partial charge in [-0.1, -0.05) is 127 Å². The lowest BCUT2D eigenvalue weighted by Gasteiger charge is -2.39. The zero-order valence-corrected chi connectivity index (χ0v) is 28.9. The molecule has 53 heavy (non-hydrogen) atoms. The monoisotopic (exact) mass is 687 g/mol. The summed E-state index contributed by atoms with van der Waals surface area (Å²) in [6.07, 6.45) is 5.97. The average molecular weight is 688 g/mol. The standard InChI is InChI=1S/C46H37N7/c1-3-11-32(12-4-1)43-50-44(33-13-5-2-6-14-33)52-45(51-43)34-20-18-30(19-21-34)31-22-24-35(25-23-31)53-42-38-16-8-7-15-36(38)37-26-28-47-29-39(37)41(42)49-46(53)40-17-9-10-27-48-40/h1-28,43-45,47,50-52H,29H2. The van der Waals surface area contributed by atoms with E-state index in [0.29, 0.717) is 0 Å². The molecule has 0 amide bonds. The Morgan fingerprint density at radius 1 is 0.547 bits per heavy atom. The highest BCUT2D eigenvalue weighted by atomic mass is 15.4. The van der Waals surface area contributed by atoms with Gasteiger partial charge < -0.3 is 5.32 Å². The average Bonchev–Trinajstić information content (AvgIpc) is 3.66. The molecule has 4 heterocycles. The van der Waals surface area contributed by atoms with Gasteiger partial charge in [0.1, 0.15) is 5.69 Å². The second kappa shape index (κ2) is 13.3. The highest BCUT2D eigenvalue weighted by molar-refractivity contribution is 6.12. The van der Waals surface area contributed by atoms with E-state index >= 15 is 0 Å². The minimum absolute atomic E-state index is 0.00883. The Balaban J connectivity index is 1.01. The molecule has 0 radical (unpaired) electrons. The molecule has 4 N–H and O–H groups in total. The summed E-state index contributed by atoms with van der Waals surface area (Å²) in [7, 11) is 0. The van der Waals surface area contributed by atoms with E-state index in [2.05, 4.69) is 165 Å². The molecule has 7 heteroatoms. The van der Waals surface area contributed by atoms with Crippen molar-refractivity contribution < 1.29 is 0 Å². The second-order valence-electron chi connectivity index (χ2n) is 13.6. The predicted molar refractivity (Wildman–Crippen MR) is 214 cm³/mol. The van der Waals surface area contributed by atoms with Crippen molar-refractivity contribution in [1.29, 1.82) is 0 Å². The number of benzene rings is 6. The summed E-state index contributed by atoms with van der Waals surface area (Å²) in [5, 5.41) is 17.1. The van der Waals surface area contributed by atoms with Gasteiger partial charge in [0.05, 0.1) is 29.5 Å². The third-order valence-electron chi connectivity index (χ3n) is 10.5. The smallest absolute Gasteiger partial charge is 0.164 e. The Morgan fingerprint density at radius 2 is 1.11 bits per heavy atom. The van der Waals surface area contributed by atoms with Crippen molar-refractivity contribution in [2.24, 2.45) is 0 Å². The molecule has 2 aliphatic rings. The number of pyridine rings is 1. The van der Waals surface area contributed by atoms with Crippen LogP contribution in [0.2, 0.25) is 0 Å². The Bertz CT molecular complexity index is 2530. The number of aromatic nitrogens is 3. The first-order chi connectivity index (χ1) is 26.3. The number of fused-ring (bicyclic) bond motifs is 6. The molecule has 8 aromatic rings. The molecule has 7 nitrogen and oxygen atoms in total. The fourth-order valence-electron chi connectivity index (χ4n) is 7.87. The van der Waals surface area contributed by atoms with Crippen LogP contribution in [-0.4, -0.2) is 14.5 Å². The van der Waals surface area contributed by atoms with E-state index in [0.717, 1.165) is 45.9 Å². The van der Waals surface area contributed by atoms with Crippen molar-refractivity contribution >= 4 is 27.9 Å². The maximum atomic E-state index is 5.32. The van der Waals surface area contributed by atoms with Crippen LogP contribution < -0.4 is 21.3 Å². The molecule has 0 spiro atoms. The third-order valence-corrected chi connectivity index (χ3v) is 10.5. The molecule has 1 fully saturated rings. The molecule has 2 aromatic heterocycles. The van der Waals surface area contributed by atoms with E-state index in [1.54, 1.807) is 0 Å². The molecule has 0 saturated carbocycles. The van der Waals surface area contributed by atoms with Crippen molar-refractivity contribution in [3.63, 3.8) is 0 Å². The molecule has 2 aliphatic heterocycles. The number of nitrogens with zero attached hydrogens (tertiary/aromatic N) is 3. The Kier molecular flexibility index (Phi) is 7.87. The number of nitrogens with one attached hydrogen (secondary N) is 4. The van der Waals surface area contributed by atoms with E-state index in [4.69, 9.17) is 9.97 Å². The SMILES string of the molecule is C1=Cc2c(c3nc(-c4ccccn4)n(-c4ccc(-c5ccc(C6NC(c7ccccc7)NC(c7ccccc7)N6)cc5)cc4)c3c3ccccc23)CN1. The van der Waals surface area contributed by atoms with Gasteiger partial charge in [0.2, 0.25) is 0 Å². The molecule has 2 atom stereocenters. The first-order valence-electron chi connectivity index (χ1n) is 18.1. The van der Waals surface area contributed by atoms with Gasteiger partial charge in [-0.05, 0) is 75.3 Å². The van der Waals surface area contributed by atoms with Crippen LogP contribution in [0.4, 0.5) is 0 Å². The van der Waals surface area contributed by atoms with Gasteiger partial charge in [-0.15, -0.1) is 0 Å². The number of rotatable bonds is 6. The summed E-state index contributed by atoms with van der Waals surface area (Å²) in [5.41, 5.74) is 12.3. The van der Waals surface area contributed by atoms with E-state index < -0.39 is 0 Å². The van der Waals surface area contributed by atoms with Gasteiger partial charge in [-0.25, -0.2) is 4.98 Å². The number of hydrogen-bond donors (Lipinski definition) is 4. The Morgan fingerprint density at radius 3 is 1.74 bits per heavy atom. The van der Waals surface area contributed by atoms with Gasteiger partial charge >= 0.3 is 0 Å². The molecule has 2 unspecified atom stereocenters. The van der Waals surface area contributed by atoms with Crippen LogP contribution in [0.3, 0.4) is 0 Å². The summed E-state index contributed by atoms with van der Waals surface area (Å²) < 4.78 is 2.28. The van der Waals surface area contributed by atoms with E-state index in [1.165, 1.54) is 38.6 Å². The van der Waals surface area contributed by atoms with Gasteiger partial charge in [-0.2, -0.15) is 0 Å². The first-order valence-corrected chi connectivity index (χ1v) is 18.1. The minimum Gasteiger partial charge on any atom is -0.387 e. The van der Waals surface area contributed by atoms with Crippen LogP contribution in [0.15, 0.2) is 164 Å². The lowest BCUT2D eigenvalue weighted by molar-refractivity contribution is 0.203. The van der Waals surface area contributed by atoms with Crippen molar-refractivity contribution in [1.82, 2.24) is 35.8 Å². The van der Waals surface area contributed by atoms with E-state index in [9.17, 15) is 0 Å². The normalized spacial score (nSPS) is 18.2. The topological polar surface area (TPSA) is 78.8 Å². The molecule has 6 aromatic carbocycles. The lowest BCUT2D eigenvalue weighted by atomic mass is 9.95. The van der Waals surface area contributed by atoms with Crippen molar-refractivity contribution in [2.75, 3.05) is 0 Å². The van der Waals surface area contributed by atoms with Crippen molar-refractivity contribution in [2.45, 2.75) is 25.0 Å². The van der Waals surface area contributed by atoms with E-state index in [1.807, 2.05) is 30.6 Å². The molecule has 1 saturated heterocycles. The van der Waals surface area contributed by atoms with Crippen LogP contribution in [0.5, 0.6) is 0 Å². The second-order valence-corrected chi connectivity index (χ2v) is 13.6. The zero-order valence-electron chi connectivity index (χ0n) is 28.9. The highest BCUT2D eigenvalue weighted by Gasteiger charge is 2.29. The van der Waals surface area contributed by atoms with Crippen molar-refractivity contribution in [3.05, 3.63) is 192 Å². The summed E-state index contributed by atoms with van der Waals surface area (Å²) in [6, 6.07) is 53.5. The first kappa shape index (κ1) is 31.4. The summed E-state index contributed by atoms with van der Waals surface area (Å²) in [4.78, 5) is 10.1. The van der Waals surface area contributed by atoms with Crippen LogP contribution in [0.1, 0.15) is 46.3 Å². The maximum absolute atomic E-state index is 5.32. The molecule has 10 rings (SSSR count). The van der Waals surface area contributed by atoms with Crippen LogP contribution in [0.25, 0.3) is 56.2 Å². The molecule has 0 bridgehead atoms. The summed E-state index contributed by atoms with van der Waals surface area (Å²) in [6.45, 7) is 0.725. The third kappa shape index (κ3) is 5.68. The minimum atomic E-state index is -0.0473. The van der Waals surface area contributed by atoms with Gasteiger partial charge in [0.15, 0.2) is 5.82 Å². The van der Waals surface area contributed by atoms with Crippen molar-refractivity contribution in [3.8, 4) is 28.3 Å². The molecular formula is C46H37N7. The van der Waals surface area contributed by atoms with Crippen LogP contribution in [0, 0.1) is 0 Å². The van der Waals surface area contributed by atoms with E-state index in [-0.39, 0.29) is 18.5 Å². The molecule has 0 aliphatic carbocycles. The largest absolute Gasteiger partial charge is 0.387 e. The van der Waals surface area contributed by atoms with Gasteiger partial charge in [-0.3, -0.25) is 25.5 Å².